The lowest BCUT2D eigenvalue weighted by Gasteiger charge is -2.16. The summed E-state index contributed by atoms with van der Waals surface area (Å²) >= 11 is 3.31. The van der Waals surface area contributed by atoms with Crippen molar-refractivity contribution >= 4 is 21.9 Å². The SMILES string of the molecule is CCC(CC)Oc1ccc(C(=O)O)cc1Br. The Bertz CT molecular complexity index is 373. The third-order valence-electron chi connectivity index (χ3n) is 2.38. The molecule has 0 unspecified atom stereocenters. The second kappa shape index (κ2) is 5.89. The zero-order valence-corrected chi connectivity index (χ0v) is 11.0. The van der Waals surface area contributed by atoms with Gasteiger partial charge in [-0.15, -0.1) is 0 Å². The standard InChI is InChI=1S/C12H15BrO3/c1-3-9(4-2)16-11-6-5-8(12(14)15)7-10(11)13/h5-7,9H,3-4H2,1-2H3,(H,14,15). The van der Waals surface area contributed by atoms with E-state index in [9.17, 15) is 4.79 Å². The van der Waals surface area contributed by atoms with Crippen LogP contribution < -0.4 is 4.74 Å². The van der Waals surface area contributed by atoms with Gasteiger partial charge >= 0.3 is 5.97 Å². The van der Waals surface area contributed by atoms with Gasteiger partial charge in [-0.1, -0.05) is 13.8 Å². The lowest BCUT2D eigenvalue weighted by atomic mass is 10.2. The molecular weight excluding hydrogens is 272 g/mol. The molecule has 0 atom stereocenters. The molecule has 88 valence electrons. The summed E-state index contributed by atoms with van der Waals surface area (Å²) in [6, 6.07) is 4.79. The van der Waals surface area contributed by atoms with Crippen molar-refractivity contribution in [3.8, 4) is 5.75 Å². The van der Waals surface area contributed by atoms with Gasteiger partial charge in [-0.2, -0.15) is 0 Å². The first kappa shape index (κ1) is 13.0. The zero-order chi connectivity index (χ0) is 12.1. The summed E-state index contributed by atoms with van der Waals surface area (Å²) in [4.78, 5) is 10.7. The topological polar surface area (TPSA) is 46.5 Å². The maximum Gasteiger partial charge on any atom is 0.335 e. The van der Waals surface area contributed by atoms with Crippen LogP contribution in [0.5, 0.6) is 5.75 Å². The van der Waals surface area contributed by atoms with Crippen molar-refractivity contribution in [2.75, 3.05) is 0 Å². The molecule has 0 bridgehead atoms. The number of rotatable bonds is 5. The first-order valence-electron chi connectivity index (χ1n) is 5.28. The molecule has 1 N–H and O–H groups in total. The Morgan fingerprint density at radius 2 is 2.06 bits per heavy atom. The van der Waals surface area contributed by atoms with E-state index in [1.807, 2.05) is 0 Å². The Hall–Kier alpha value is -1.03. The van der Waals surface area contributed by atoms with E-state index in [-0.39, 0.29) is 11.7 Å². The van der Waals surface area contributed by atoms with E-state index in [1.165, 1.54) is 0 Å². The van der Waals surface area contributed by atoms with Crippen LogP contribution in [0.15, 0.2) is 22.7 Å². The van der Waals surface area contributed by atoms with Gasteiger partial charge < -0.3 is 9.84 Å². The average molecular weight is 287 g/mol. The summed E-state index contributed by atoms with van der Waals surface area (Å²) in [7, 11) is 0. The monoisotopic (exact) mass is 286 g/mol. The number of carboxylic acids is 1. The van der Waals surface area contributed by atoms with E-state index in [2.05, 4.69) is 29.8 Å². The number of hydrogen-bond donors (Lipinski definition) is 1. The number of hydrogen-bond acceptors (Lipinski definition) is 2. The molecule has 0 aliphatic heterocycles. The van der Waals surface area contributed by atoms with Crippen LogP contribution in [0.3, 0.4) is 0 Å². The quantitative estimate of drug-likeness (QED) is 0.897. The first-order chi connectivity index (χ1) is 7.58. The summed E-state index contributed by atoms with van der Waals surface area (Å²) in [5, 5.41) is 8.81. The van der Waals surface area contributed by atoms with Crippen LogP contribution in [-0.2, 0) is 0 Å². The van der Waals surface area contributed by atoms with Gasteiger partial charge in [0.25, 0.3) is 0 Å². The van der Waals surface area contributed by atoms with Crippen LogP contribution in [-0.4, -0.2) is 17.2 Å². The van der Waals surface area contributed by atoms with E-state index in [1.54, 1.807) is 18.2 Å². The number of halogens is 1. The van der Waals surface area contributed by atoms with Crippen molar-refractivity contribution in [2.45, 2.75) is 32.8 Å². The zero-order valence-electron chi connectivity index (χ0n) is 9.37. The highest BCUT2D eigenvalue weighted by Gasteiger charge is 2.10. The van der Waals surface area contributed by atoms with E-state index in [0.29, 0.717) is 10.2 Å². The number of ether oxygens (including phenoxy) is 1. The van der Waals surface area contributed by atoms with Crippen molar-refractivity contribution in [3.63, 3.8) is 0 Å². The van der Waals surface area contributed by atoms with Gasteiger partial charge in [0.2, 0.25) is 0 Å². The Balaban J connectivity index is 2.86. The fraction of sp³-hybridized carbons (Fsp3) is 0.417. The van der Waals surface area contributed by atoms with Gasteiger partial charge in [-0.3, -0.25) is 0 Å². The average Bonchev–Trinajstić information content (AvgIpc) is 2.27. The van der Waals surface area contributed by atoms with Crippen LogP contribution in [0.4, 0.5) is 0 Å². The normalized spacial score (nSPS) is 10.5. The molecule has 0 aromatic heterocycles. The molecule has 0 saturated heterocycles. The lowest BCUT2D eigenvalue weighted by molar-refractivity contribution is 0.0696. The van der Waals surface area contributed by atoms with Crippen molar-refractivity contribution in [1.29, 1.82) is 0 Å². The highest BCUT2D eigenvalue weighted by atomic mass is 79.9. The highest BCUT2D eigenvalue weighted by molar-refractivity contribution is 9.10. The molecule has 1 rings (SSSR count). The van der Waals surface area contributed by atoms with E-state index < -0.39 is 5.97 Å². The number of carbonyl (C=O) groups is 1. The largest absolute Gasteiger partial charge is 0.489 e. The molecule has 0 amide bonds. The van der Waals surface area contributed by atoms with Crippen molar-refractivity contribution in [3.05, 3.63) is 28.2 Å². The summed E-state index contributed by atoms with van der Waals surface area (Å²) in [6.45, 7) is 4.13. The minimum atomic E-state index is -0.935. The lowest BCUT2D eigenvalue weighted by Crippen LogP contribution is -2.14. The summed E-state index contributed by atoms with van der Waals surface area (Å²) in [6.07, 6.45) is 2.04. The minimum Gasteiger partial charge on any atom is -0.489 e. The van der Waals surface area contributed by atoms with Crippen LogP contribution in [0, 0.1) is 0 Å². The van der Waals surface area contributed by atoms with Crippen molar-refractivity contribution in [1.82, 2.24) is 0 Å². The summed E-state index contributed by atoms with van der Waals surface area (Å²) < 4.78 is 6.42. The molecule has 0 aliphatic rings. The van der Waals surface area contributed by atoms with Crippen LogP contribution in [0.25, 0.3) is 0 Å². The molecule has 0 fully saturated rings. The summed E-state index contributed by atoms with van der Waals surface area (Å²) in [5.41, 5.74) is 0.253. The molecule has 16 heavy (non-hydrogen) atoms. The molecule has 0 aliphatic carbocycles. The second-order valence-electron chi connectivity index (χ2n) is 3.51. The van der Waals surface area contributed by atoms with Crippen LogP contribution in [0.2, 0.25) is 0 Å². The van der Waals surface area contributed by atoms with E-state index in [4.69, 9.17) is 9.84 Å². The number of carboxylic acid groups (broad SMARTS) is 1. The number of benzene rings is 1. The molecule has 0 radical (unpaired) electrons. The van der Waals surface area contributed by atoms with Crippen molar-refractivity contribution < 1.29 is 14.6 Å². The van der Waals surface area contributed by atoms with E-state index in [0.717, 1.165) is 12.8 Å². The molecular formula is C12H15BrO3. The predicted molar refractivity (Wildman–Crippen MR) is 66.1 cm³/mol. The van der Waals surface area contributed by atoms with Gasteiger partial charge in [0, 0.05) is 0 Å². The Morgan fingerprint density at radius 3 is 2.50 bits per heavy atom. The van der Waals surface area contributed by atoms with E-state index >= 15 is 0 Å². The minimum absolute atomic E-state index is 0.173. The van der Waals surface area contributed by atoms with Gasteiger partial charge in [0.1, 0.15) is 5.75 Å². The predicted octanol–water partition coefficient (Wildman–Crippen LogP) is 3.71. The Morgan fingerprint density at radius 1 is 1.44 bits per heavy atom. The Kier molecular flexibility index (Phi) is 4.80. The molecule has 0 spiro atoms. The van der Waals surface area contributed by atoms with Gasteiger partial charge in [0.05, 0.1) is 16.1 Å². The Labute approximate surface area is 104 Å². The molecule has 4 heteroatoms. The van der Waals surface area contributed by atoms with Crippen LogP contribution in [0.1, 0.15) is 37.0 Å². The molecule has 0 heterocycles. The third-order valence-corrected chi connectivity index (χ3v) is 3.00. The maximum atomic E-state index is 10.7. The van der Waals surface area contributed by atoms with Gasteiger partial charge in [-0.05, 0) is 47.0 Å². The first-order valence-corrected chi connectivity index (χ1v) is 6.07. The molecule has 0 saturated carbocycles. The molecule has 3 nitrogen and oxygen atoms in total. The summed E-state index contributed by atoms with van der Waals surface area (Å²) in [5.74, 6) is -0.242. The van der Waals surface area contributed by atoms with Crippen molar-refractivity contribution in [2.24, 2.45) is 0 Å². The second-order valence-corrected chi connectivity index (χ2v) is 4.36. The van der Waals surface area contributed by atoms with Gasteiger partial charge in [0.15, 0.2) is 0 Å². The third kappa shape index (κ3) is 3.23. The number of aromatic carboxylic acids is 1. The maximum absolute atomic E-state index is 10.7. The fourth-order valence-electron chi connectivity index (χ4n) is 1.36. The molecule has 1 aromatic carbocycles. The smallest absolute Gasteiger partial charge is 0.335 e. The molecule has 1 aromatic rings. The fourth-order valence-corrected chi connectivity index (χ4v) is 1.84. The van der Waals surface area contributed by atoms with Gasteiger partial charge in [-0.25, -0.2) is 4.79 Å². The van der Waals surface area contributed by atoms with Crippen LogP contribution >= 0.6 is 15.9 Å². The highest BCUT2D eigenvalue weighted by Crippen LogP contribution is 2.27.